The van der Waals surface area contributed by atoms with Crippen LogP contribution >= 0.6 is 0 Å². The van der Waals surface area contributed by atoms with Crippen LogP contribution in [0, 0.1) is 11.8 Å². The van der Waals surface area contributed by atoms with Gasteiger partial charge in [0.2, 0.25) is 5.91 Å². The molecule has 3 N–H and O–H groups in total. The number of carbonyl (C=O) groups is 1. The maximum absolute atomic E-state index is 12.9. The molecule has 0 aliphatic carbocycles. The van der Waals surface area contributed by atoms with Gasteiger partial charge in [-0.15, -0.1) is 0 Å². The molecule has 0 fully saturated rings. The van der Waals surface area contributed by atoms with Gasteiger partial charge in [-0.05, 0) is 37.0 Å². The fraction of sp³-hybridized carbons (Fsp3) is 0.588. The number of carbonyl (C=O) groups excluding carboxylic acids is 1. The van der Waals surface area contributed by atoms with E-state index in [1.807, 2.05) is 13.8 Å². The molecule has 1 aromatic rings. The molecule has 130 valence electrons. The summed E-state index contributed by atoms with van der Waals surface area (Å²) in [5.74, 6) is -0.432. The highest BCUT2D eigenvalue weighted by Crippen LogP contribution is 2.32. The Kier molecular flexibility index (Phi) is 6.62. The Morgan fingerprint density at radius 2 is 1.83 bits per heavy atom. The third-order valence-corrected chi connectivity index (χ3v) is 3.84. The number of hydrogen-bond acceptors (Lipinski definition) is 2. The summed E-state index contributed by atoms with van der Waals surface area (Å²) in [5.41, 5.74) is 5.47. The smallest absolute Gasteiger partial charge is 0.349 e. The summed E-state index contributed by atoms with van der Waals surface area (Å²) >= 11 is 0. The van der Waals surface area contributed by atoms with Crippen LogP contribution in [0.3, 0.4) is 0 Å². The van der Waals surface area contributed by atoms with E-state index >= 15 is 0 Å². The molecule has 1 aromatic carbocycles. The Morgan fingerprint density at radius 1 is 1.22 bits per heavy atom. The van der Waals surface area contributed by atoms with Crippen LogP contribution in [-0.4, -0.2) is 11.9 Å². The summed E-state index contributed by atoms with van der Waals surface area (Å²) in [6.07, 6.45) is -3.85. The minimum absolute atomic E-state index is 0.223. The number of nitrogens with one attached hydrogen (secondary N) is 1. The second kappa shape index (κ2) is 7.81. The first-order valence-corrected chi connectivity index (χ1v) is 7.75. The fourth-order valence-electron chi connectivity index (χ4n) is 2.22. The van der Waals surface area contributed by atoms with Crippen molar-refractivity contribution in [3.05, 3.63) is 35.4 Å². The van der Waals surface area contributed by atoms with Crippen molar-refractivity contribution >= 4 is 5.91 Å². The van der Waals surface area contributed by atoms with Crippen LogP contribution in [0.1, 0.15) is 51.3 Å². The van der Waals surface area contributed by atoms with Crippen LogP contribution in [0.4, 0.5) is 13.2 Å². The van der Waals surface area contributed by atoms with Gasteiger partial charge in [0.1, 0.15) is 0 Å². The number of rotatable bonds is 6. The lowest BCUT2D eigenvalue weighted by Gasteiger charge is -2.25. The van der Waals surface area contributed by atoms with Gasteiger partial charge in [0.25, 0.3) is 0 Å². The number of amides is 1. The molecule has 23 heavy (non-hydrogen) atoms. The molecule has 0 aromatic heterocycles. The predicted molar refractivity (Wildman–Crippen MR) is 84.6 cm³/mol. The van der Waals surface area contributed by atoms with E-state index in [1.165, 1.54) is 6.07 Å². The molecular weight excluding hydrogens is 305 g/mol. The fourth-order valence-corrected chi connectivity index (χ4v) is 2.22. The SMILES string of the molecule is CC(C)CC(NC(=O)C(C)C(C)N)c1cccc(C(F)(F)F)c1. The molecule has 0 radical (unpaired) electrons. The van der Waals surface area contributed by atoms with Gasteiger partial charge < -0.3 is 11.1 Å². The predicted octanol–water partition coefficient (Wildman–Crippen LogP) is 3.89. The molecule has 1 amide bonds. The van der Waals surface area contributed by atoms with Gasteiger partial charge in [0.15, 0.2) is 0 Å². The lowest BCUT2D eigenvalue weighted by Crippen LogP contribution is -2.40. The first kappa shape index (κ1) is 19.5. The van der Waals surface area contributed by atoms with Crippen LogP contribution in [0.25, 0.3) is 0 Å². The Bertz CT molecular complexity index is 527. The topological polar surface area (TPSA) is 55.1 Å². The Labute approximate surface area is 135 Å². The number of alkyl halides is 3. The van der Waals surface area contributed by atoms with E-state index in [1.54, 1.807) is 19.9 Å². The van der Waals surface area contributed by atoms with E-state index in [9.17, 15) is 18.0 Å². The molecular formula is C17H25F3N2O. The molecule has 0 heterocycles. The average Bonchev–Trinajstić information content (AvgIpc) is 2.44. The highest BCUT2D eigenvalue weighted by atomic mass is 19.4. The third kappa shape index (κ3) is 5.86. The molecule has 0 saturated carbocycles. The highest BCUT2D eigenvalue weighted by molar-refractivity contribution is 5.79. The number of benzene rings is 1. The van der Waals surface area contributed by atoms with Crippen LogP contribution < -0.4 is 11.1 Å². The Hall–Kier alpha value is -1.56. The minimum atomic E-state index is -4.40. The molecule has 6 heteroatoms. The van der Waals surface area contributed by atoms with Crippen LogP contribution in [0.5, 0.6) is 0 Å². The van der Waals surface area contributed by atoms with Gasteiger partial charge in [-0.1, -0.05) is 32.9 Å². The van der Waals surface area contributed by atoms with Crippen molar-refractivity contribution in [2.45, 2.75) is 52.4 Å². The van der Waals surface area contributed by atoms with Crippen molar-refractivity contribution in [3.63, 3.8) is 0 Å². The van der Waals surface area contributed by atoms with Gasteiger partial charge in [-0.25, -0.2) is 0 Å². The summed E-state index contributed by atoms with van der Waals surface area (Å²) in [6, 6.07) is 4.32. The lowest BCUT2D eigenvalue weighted by molar-refractivity contribution is -0.137. The van der Waals surface area contributed by atoms with Crippen LogP contribution in [0.15, 0.2) is 24.3 Å². The van der Waals surface area contributed by atoms with E-state index in [2.05, 4.69) is 5.32 Å². The summed E-state index contributed by atoms with van der Waals surface area (Å²) in [7, 11) is 0. The van der Waals surface area contributed by atoms with Crippen LogP contribution in [-0.2, 0) is 11.0 Å². The van der Waals surface area contributed by atoms with Crippen LogP contribution in [0.2, 0.25) is 0 Å². The van der Waals surface area contributed by atoms with Gasteiger partial charge in [0, 0.05) is 12.0 Å². The number of hydrogen-bond donors (Lipinski definition) is 2. The van der Waals surface area contributed by atoms with E-state index in [4.69, 9.17) is 5.73 Å². The minimum Gasteiger partial charge on any atom is -0.349 e. The number of halogens is 3. The van der Waals surface area contributed by atoms with E-state index in [-0.39, 0.29) is 17.9 Å². The van der Waals surface area contributed by atoms with Gasteiger partial charge in [0.05, 0.1) is 11.6 Å². The molecule has 3 atom stereocenters. The lowest BCUT2D eigenvalue weighted by atomic mass is 9.94. The first-order valence-electron chi connectivity index (χ1n) is 7.75. The van der Waals surface area contributed by atoms with E-state index in [0.717, 1.165) is 12.1 Å². The summed E-state index contributed by atoms with van der Waals surface area (Å²) in [5, 5.41) is 2.84. The standard InChI is InChI=1S/C17H25F3N2O/c1-10(2)8-15(22-16(23)11(3)12(4)21)13-6-5-7-14(9-13)17(18,19)20/h5-7,9-12,15H,8,21H2,1-4H3,(H,22,23). The van der Waals surface area contributed by atoms with Crippen molar-refractivity contribution in [1.29, 1.82) is 0 Å². The zero-order valence-corrected chi connectivity index (χ0v) is 13.9. The summed E-state index contributed by atoms with van der Waals surface area (Å²) in [4.78, 5) is 12.2. The molecule has 0 aliphatic rings. The zero-order chi connectivity index (χ0) is 17.8. The number of nitrogens with two attached hydrogens (primary N) is 1. The molecule has 0 saturated heterocycles. The Morgan fingerprint density at radius 3 is 2.30 bits per heavy atom. The van der Waals surface area contributed by atoms with Gasteiger partial charge in [-0.3, -0.25) is 4.79 Å². The molecule has 3 unspecified atom stereocenters. The average molecular weight is 330 g/mol. The highest BCUT2D eigenvalue weighted by Gasteiger charge is 2.31. The monoisotopic (exact) mass is 330 g/mol. The zero-order valence-electron chi connectivity index (χ0n) is 13.9. The quantitative estimate of drug-likeness (QED) is 0.831. The van der Waals surface area contributed by atoms with Gasteiger partial charge in [-0.2, -0.15) is 13.2 Å². The largest absolute Gasteiger partial charge is 0.416 e. The summed E-state index contributed by atoms with van der Waals surface area (Å²) in [6.45, 7) is 7.36. The van der Waals surface area contributed by atoms with Crippen molar-refractivity contribution in [1.82, 2.24) is 5.32 Å². The van der Waals surface area contributed by atoms with Crippen molar-refractivity contribution in [2.75, 3.05) is 0 Å². The summed E-state index contributed by atoms with van der Waals surface area (Å²) < 4.78 is 38.7. The Balaban J connectivity index is 3.05. The first-order chi connectivity index (χ1) is 10.5. The molecule has 3 nitrogen and oxygen atoms in total. The second-order valence-electron chi connectivity index (χ2n) is 6.46. The van der Waals surface area contributed by atoms with Gasteiger partial charge >= 0.3 is 6.18 Å². The van der Waals surface area contributed by atoms with Crippen molar-refractivity contribution in [3.8, 4) is 0 Å². The molecule has 0 bridgehead atoms. The molecule has 1 rings (SSSR count). The van der Waals surface area contributed by atoms with E-state index in [0.29, 0.717) is 12.0 Å². The second-order valence-corrected chi connectivity index (χ2v) is 6.46. The van der Waals surface area contributed by atoms with Crippen molar-refractivity contribution in [2.24, 2.45) is 17.6 Å². The molecule has 0 aliphatic heterocycles. The maximum atomic E-state index is 12.9. The normalized spacial score (nSPS) is 16.0. The maximum Gasteiger partial charge on any atom is 0.416 e. The van der Waals surface area contributed by atoms with E-state index < -0.39 is 23.7 Å². The van der Waals surface area contributed by atoms with Crippen molar-refractivity contribution < 1.29 is 18.0 Å². The molecule has 0 spiro atoms. The third-order valence-electron chi connectivity index (χ3n) is 3.84.